The highest BCUT2D eigenvalue weighted by molar-refractivity contribution is 7.91. The van der Waals surface area contributed by atoms with Crippen molar-refractivity contribution in [2.45, 2.75) is 18.6 Å². The minimum absolute atomic E-state index is 0.0525. The molecule has 0 atom stereocenters. The van der Waals surface area contributed by atoms with Crippen LogP contribution in [0.25, 0.3) is 11.0 Å². The van der Waals surface area contributed by atoms with Gasteiger partial charge in [-0.05, 0) is 43.3 Å². The van der Waals surface area contributed by atoms with Crippen molar-refractivity contribution in [3.8, 4) is 5.75 Å². The third-order valence-corrected chi connectivity index (χ3v) is 5.47. The van der Waals surface area contributed by atoms with Crippen LogP contribution in [0.5, 0.6) is 5.75 Å². The lowest BCUT2D eigenvalue weighted by Crippen LogP contribution is -2.18. The van der Waals surface area contributed by atoms with Gasteiger partial charge in [0.2, 0.25) is 15.0 Å². The molecule has 0 bridgehead atoms. The molecule has 3 aromatic rings. The Morgan fingerprint density at radius 2 is 1.83 bits per heavy atom. The lowest BCUT2D eigenvalue weighted by atomic mass is 10.3. The number of imidazole rings is 1. The third kappa shape index (κ3) is 3.39. The monoisotopic (exact) mass is 364 g/mol. The van der Waals surface area contributed by atoms with Crippen LogP contribution < -0.4 is 4.74 Å². The Labute approximate surface area is 145 Å². The summed E-state index contributed by atoms with van der Waals surface area (Å²) in [5, 5.41) is 0.692. The van der Waals surface area contributed by atoms with E-state index in [1.54, 1.807) is 28.8 Å². The smallest absolute Gasteiger partial charge is 0.228 e. The lowest BCUT2D eigenvalue weighted by molar-refractivity contribution is 0.340. The number of aryl methyl sites for hydroxylation is 1. The molecule has 0 saturated heterocycles. The fourth-order valence-corrected chi connectivity index (χ4v) is 3.90. The number of para-hydroxylation sites is 2. The van der Waals surface area contributed by atoms with Gasteiger partial charge < -0.3 is 9.30 Å². The first-order valence-electron chi connectivity index (χ1n) is 7.57. The van der Waals surface area contributed by atoms with Crippen molar-refractivity contribution in [1.82, 2.24) is 9.55 Å². The van der Waals surface area contributed by atoms with Crippen molar-refractivity contribution >= 4 is 32.5 Å². The normalized spacial score (nSPS) is 11.8. The Balaban J connectivity index is 1.79. The van der Waals surface area contributed by atoms with Crippen LogP contribution >= 0.6 is 11.6 Å². The van der Waals surface area contributed by atoms with E-state index in [1.165, 1.54) is 0 Å². The molecular weight excluding hydrogens is 348 g/mol. The first-order chi connectivity index (χ1) is 11.5. The van der Waals surface area contributed by atoms with E-state index < -0.39 is 9.84 Å². The fourth-order valence-electron chi connectivity index (χ4n) is 2.49. The summed E-state index contributed by atoms with van der Waals surface area (Å²) in [5.74, 6) is 0.442. The molecule has 0 amide bonds. The Morgan fingerprint density at radius 3 is 2.54 bits per heavy atom. The van der Waals surface area contributed by atoms with Crippen molar-refractivity contribution in [3.05, 3.63) is 53.6 Å². The van der Waals surface area contributed by atoms with Gasteiger partial charge in [0.1, 0.15) is 12.4 Å². The van der Waals surface area contributed by atoms with Crippen LogP contribution in [-0.4, -0.2) is 30.3 Å². The van der Waals surface area contributed by atoms with Gasteiger partial charge in [0.25, 0.3) is 0 Å². The van der Waals surface area contributed by atoms with E-state index in [2.05, 4.69) is 4.98 Å². The van der Waals surface area contributed by atoms with Crippen molar-refractivity contribution in [2.24, 2.45) is 0 Å². The minimum Gasteiger partial charge on any atom is -0.493 e. The zero-order valence-electron chi connectivity index (χ0n) is 13.1. The maximum atomic E-state index is 12.6. The second kappa shape index (κ2) is 6.83. The maximum Gasteiger partial charge on any atom is 0.228 e. The molecule has 1 heterocycles. The predicted molar refractivity (Wildman–Crippen MR) is 94.4 cm³/mol. The summed E-state index contributed by atoms with van der Waals surface area (Å²) in [6.07, 6.45) is 0. The van der Waals surface area contributed by atoms with Crippen molar-refractivity contribution in [1.29, 1.82) is 0 Å². The van der Waals surface area contributed by atoms with Gasteiger partial charge in [-0.15, -0.1) is 0 Å². The van der Waals surface area contributed by atoms with Crippen LogP contribution in [0.4, 0.5) is 0 Å². The third-order valence-electron chi connectivity index (χ3n) is 3.65. The number of sulfone groups is 1. The Kier molecular flexibility index (Phi) is 4.78. The van der Waals surface area contributed by atoms with Crippen molar-refractivity contribution < 1.29 is 13.2 Å². The van der Waals surface area contributed by atoms with E-state index in [4.69, 9.17) is 16.3 Å². The van der Waals surface area contributed by atoms with Crippen molar-refractivity contribution in [3.63, 3.8) is 0 Å². The van der Waals surface area contributed by atoms with E-state index in [9.17, 15) is 8.42 Å². The SMILES string of the molecule is CCn1c(S(=O)(=O)CCOc2ccc(Cl)cc2)nc2ccccc21. The summed E-state index contributed by atoms with van der Waals surface area (Å²) in [5.41, 5.74) is 1.49. The molecule has 2 aromatic carbocycles. The van der Waals surface area contributed by atoms with Gasteiger partial charge in [-0.3, -0.25) is 0 Å². The molecule has 0 unspecified atom stereocenters. The van der Waals surface area contributed by atoms with Gasteiger partial charge >= 0.3 is 0 Å². The number of nitrogens with zero attached hydrogens (tertiary/aromatic N) is 2. The summed E-state index contributed by atoms with van der Waals surface area (Å²) < 4.78 is 32.5. The van der Waals surface area contributed by atoms with Crippen LogP contribution in [0, 0.1) is 0 Å². The lowest BCUT2D eigenvalue weighted by Gasteiger charge is -2.09. The van der Waals surface area contributed by atoms with Gasteiger partial charge in [-0.25, -0.2) is 13.4 Å². The zero-order valence-corrected chi connectivity index (χ0v) is 14.7. The molecule has 0 aliphatic carbocycles. The van der Waals surface area contributed by atoms with Crippen LogP contribution in [0.3, 0.4) is 0 Å². The number of fused-ring (bicyclic) bond motifs is 1. The number of halogens is 1. The molecule has 0 saturated carbocycles. The first-order valence-corrected chi connectivity index (χ1v) is 9.60. The predicted octanol–water partition coefficient (Wildman–Crippen LogP) is 3.56. The van der Waals surface area contributed by atoms with Gasteiger partial charge in [-0.1, -0.05) is 23.7 Å². The topological polar surface area (TPSA) is 61.2 Å². The number of ether oxygens (including phenoxy) is 1. The van der Waals surface area contributed by atoms with Crippen molar-refractivity contribution in [2.75, 3.05) is 12.4 Å². The molecular formula is C17H17ClN2O3S. The molecule has 5 nitrogen and oxygen atoms in total. The van der Waals surface area contributed by atoms with Crippen LogP contribution in [0.2, 0.25) is 5.02 Å². The molecule has 0 aliphatic heterocycles. The zero-order chi connectivity index (χ0) is 17.2. The summed E-state index contributed by atoms with van der Waals surface area (Å²) in [4.78, 5) is 4.29. The fraction of sp³-hybridized carbons (Fsp3) is 0.235. The van der Waals surface area contributed by atoms with Gasteiger partial charge in [0.05, 0.1) is 16.8 Å². The highest BCUT2D eigenvalue weighted by Gasteiger charge is 2.23. The minimum atomic E-state index is -3.54. The van der Waals surface area contributed by atoms with E-state index in [0.29, 0.717) is 22.8 Å². The van der Waals surface area contributed by atoms with E-state index in [1.807, 2.05) is 31.2 Å². The Hall–Kier alpha value is -2.05. The molecule has 126 valence electrons. The van der Waals surface area contributed by atoms with E-state index in [0.717, 1.165) is 5.52 Å². The Bertz CT molecular complexity index is 950. The van der Waals surface area contributed by atoms with E-state index in [-0.39, 0.29) is 17.5 Å². The summed E-state index contributed by atoms with van der Waals surface area (Å²) in [6, 6.07) is 14.2. The molecule has 1 aromatic heterocycles. The summed E-state index contributed by atoms with van der Waals surface area (Å²) in [6.45, 7) is 2.49. The highest BCUT2D eigenvalue weighted by Crippen LogP contribution is 2.21. The van der Waals surface area contributed by atoms with Gasteiger partial charge in [-0.2, -0.15) is 0 Å². The number of aromatic nitrogens is 2. The molecule has 3 rings (SSSR count). The average Bonchev–Trinajstić information content (AvgIpc) is 2.96. The van der Waals surface area contributed by atoms with Crippen LogP contribution in [0.1, 0.15) is 6.92 Å². The number of rotatable bonds is 6. The van der Waals surface area contributed by atoms with Crippen LogP contribution in [0.15, 0.2) is 53.7 Å². The summed E-state index contributed by atoms with van der Waals surface area (Å²) in [7, 11) is -3.54. The number of hydrogen-bond acceptors (Lipinski definition) is 4. The molecule has 0 N–H and O–H groups in total. The average molecular weight is 365 g/mol. The molecule has 0 fully saturated rings. The highest BCUT2D eigenvalue weighted by atomic mass is 35.5. The van der Waals surface area contributed by atoms with Gasteiger partial charge in [0, 0.05) is 11.6 Å². The molecule has 0 aliphatic rings. The quantitative estimate of drug-likeness (QED) is 0.671. The number of benzene rings is 2. The Morgan fingerprint density at radius 1 is 1.12 bits per heavy atom. The largest absolute Gasteiger partial charge is 0.493 e. The first kappa shape index (κ1) is 16.8. The van der Waals surface area contributed by atoms with Gasteiger partial charge in [0.15, 0.2) is 0 Å². The molecule has 0 radical (unpaired) electrons. The standard InChI is InChI=1S/C17H17ClN2O3S/c1-2-20-16-6-4-3-5-15(16)19-17(20)24(21,22)12-11-23-14-9-7-13(18)8-10-14/h3-10H,2,11-12H2,1H3. The van der Waals surface area contributed by atoms with Crippen LogP contribution in [-0.2, 0) is 16.4 Å². The second-order valence-corrected chi connectivity index (χ2v) is 7.69. The van der Waals surface area contributed by atoms with E-state index >= 15 is 0 Å². The molecule has 24 heavy (non-hydrogen) atoms. The molecule has 7 heteroatoms. The maximum absolute atomic E-state index is 12.6. The second-order valence-electron chi connectivity index (χ2n) is 5.25. The molecule has 0 spiro atoms. The number of hydrogen-bond donors (Lipinski definition) is 0. The summed E-state index contributed by atoms with van der Waals surface area (Å²) >= 11 is 5.81.